The number of nitrogens with one attached hydrogen (secondary N) is 1. The lowest BCUT2D eigenvalue weighted by Crippen LogP contribution is -2.51. The van der Waals surface area contributed by atoms with Crippen LogP contribution in [0.1, 0.15) is 52.4 Å². The summed E-state index contributed by atoms with van der Waals surface area (Å²) in [7, 11) is 0. The van der Waals surface area contributed by atoms with E-state index in [-0.39, 0.29) is 17.9 Å². The van der Waals surface area contributed by atoms with Crippen LogP contribution >= 0.6 is 0 Å². The first-order chi connectivity index (χ1) is 8.97. The third-order valence-electron chi connectivity index (χ3n) is 4.22. The van der Waals surface area contributed by atoms with E-state index in [4.69, 9.17) is 5.73 Å². The topological polar surface area (TPSA) is 92.4 Å². The predicted octanol–water partition coefficient (Wildman–Crippen LogP) is 1.51. The highest BCUT2D eigenvalue weighted by Crippen LogP contribution is 2.24. The highest BCUT2D eigenvalue weighted by atomic mass is 16.4. The summed E-state index contributed by atoms with van der Waals surface area (Å²) in [5.74, 6) is -1.40. The van der Waals surface area contributed by atoms with Crippen molar-refractivity contribution in [1.82, 2.24) is 5.32 Å². The summed E-state index contributed by atoms with van der Waals surface area (Å²) in [5, 5.41) is 12.1. The van der Waals surface area contributed by atoms with E-state index in [0.29, 0.717) is 6.42 Å². The number of aliphatic carboxylic acids is 1. The fourth-order valence-electron chi connectivity index (χ4n) is 2.57. The molecule has 1 amide bonds. The number of carbonyl (C=O) groups excluding carboxylic acids is 1. The maximum Gasteiger partial charge on any atom is 0.308 e. The second-order valence-electron chi connectivity index (χ2n) is 5.61. The van der Waals surface area contributed by atoms with Crippen molar-refractivity contribution >= 4 is 11.9 Å². The van der Waals surface area contributed by atoms with Crippen molar-refractivity contribution in [2.75, 3.05) is 0 Å². The number of hydrogen-bond donors (Lipinski definition) is 3. The molecular formula is C14H26N2O3. The molecule has 1 aliphatic rings. The number of nitrogens with two attached hydrogens (primary N) is 1. The van der Waals surface area contributed by atoms with E-state index in [2.05, 4.69) is 5.32 Å². The van der Waals surface area contributed by atoms with E-state index >= 15 is 0 Å². The number of rotatable bonds is 5. The molecule has 0 radical (unpaired) electrons. The molecule has 5 heteroatoms. The van der Waals surface area contributed by atoms with Gasteiger partial charge in [0.1, 0.15) is 0 Å². The van der Waals surface area contributed by atoms with Crippen LogP contribution in [0.2, 0.25) is 0 Å². The molecule has 0 aromatic heterocycles. The van der Waals surface area contributed by atoms with Gasteiger partial charge < -0.3 is 16.2 Å². The molecule has 0 spiro atoms. The first-order valence-electron chi connectivity index (χ1n) is 7.26. The van der Waals surface area contributed by atoms with Gasteiger partial charge in [0, 0.05) is 6.04 Å². The molecule has 0 bridgehead atoms. The molecule has 5 nitrogen and oxygen atoms in total. The molecule has 0 heterocycles. The standard InChI is InChI=1S/C14H26N2O3/c1-3-9(2)12(15)13(17)16-11-8-6-4-5-7-10(11)14(18)19/h9-12H,3-8,15H2,1-2H3,(H,16,17)(H,18,19). The zero-order valence-corrected chi connectivity index (χ0v) is 11.9. The van der Waals surface area contributed by atoms with Gasteiger partial charge in [-0.3, -0.25) is 9.59 Å². The molecule has 1 fully saturated rings. The second kappa shape index (κ2) is 7.48. The fraction of sp³-hybridized carbons (Fsp3) is 0.857. The molecule has 4 atom stereocenters. The van der Waals surface area contributed by atoms with Crippen LogP contribution in [0, 0.1) is 11.8 Å². The third-order valence-corrected chi connectivity index (χ3v) is 4.22. The van der Waals surface area contributed by atoms with Crippen LogP contribution in [0.3, 0.4) is 0 Å². The Hall–Kier alpha value is -1.10. The molecule has 0 aromatic carbocycles. The average Bonchev–Trinajstić information content (AvgIpc) is 2.62. The van der Waals surface area contributed by atoms with Crippen LogP contribution in [0.15, 0.2) is 0 Å². The van der Waals surface area contributed by atoms with E-state index in [0.717, 1.165) is 32.1 Å². The molecule has 1 aliphatic carbocycles. The van der Waals surface area contributed by atoms with Crippen molar-refractivity contribution in [3.63, 3.8) is 0 Å². The quantitative estimate of drug-likeness (QED) is 0.660. The molecule has 4 N–H and O–H groups in total. The highest BCUT2D eigenvalue weighted by molar-refractivity contribution is 5.83. The summed E-state index contributed by atoms with van der Waals surface area (Å²) in [6.07, 6.45) is 5.12. The largest absolute Gasteiger partial charge is 0.481 e. The fourth-order valence-corrected chi connectivity index (χ4v) is 2.57. The van der Waals surface area contributed by atoms with Gasteiger partial charge in [-0.2, -0.15) is 0 Å². The monoisotopic (exact) mass is 270 g/mol. The summed E-state index contributed by atoms with van der Waals surface area (Å²) in [6.45, 7) is 3.93. The lowest BCUT2D eigenvalue weighted by Gasteiger charge is -2.26. The smallest absolute Gasteiger partial charge is 0.308 e. The van der Waals surface area contributed by atoms with Gasteiger partial charge in [0.2, 0.25) is 5.91 Å². The zero-order chi connectivity index (χ0) is 14.4. The minimum Gasteiger partial charge on any atom is -0.481 e. The predicted molar refractivity (Wildman–Crippen MR) is 73.6 cm³/mol. The molecule has 1 rings (SSSR count). The normalized spacial score (nSPS) is 27.1. The molecular weight excluding hydrogens is 244 g/mol. The Labute approximate surface area is 114 Å². The minimum absolute atomic E-state index is 0.106. The molecule has 0 aliphatic heterocycles. The maximum absolute atomic E-state index is 12.1. The zero-order valence-electron chi connectivity index (χ0n) is 11.9. The van der Waals surface area contributed by atoms with Gasteiger partial charge in [0.25, 0.3) is 0 Å². The van der Waals surface area contributed by atoms with E-state index in [1.165, 1.54) is 0 Å². The molecule has 1 saturated carbocycles. The van der Waals surface area contributed by atoms with Crippen LogP contribution < -0.4 is 11.1 Å². The summed E-state index contributed by atoms with van der Waals surface area (Å²) in [4.78, 5) is 23.3. The van der Waals surface area contributed by atoms with Gasteiger partial charge in [0.05, 0.1) is 12.0 Å². The van der Waals surface area contributed by atoms with Crippen molar-refractivity contribution < 1.29 is 14.7 Å². The summed E-state index contributed by atoms with van der Waals surface area (Å²) >= 11 is 0. The SMILES string of the molecule is CCC(C)C(N)C(=O)NC1CCCCCC1C(=O)O. The van der Waals surface area contributed by atoms with Gasteiger partial charge in [-0.15, -0.1) is 0 Å². The molecule has 4 unspecified atom stereocenters. The summed E-state index contributed by atoms with van der Waals surface area (Å²) < 4.78 is 0. The lowest BCUT2D eigenvalue weighted by molar-refractivity contribution is -0.143. The van der Waals surface area contributed by atoms with Gasteiger partial charge in [-0.1, -0.05) is 39.5 Å². The van der Waals surface area contributed by atoms with Gasteiger partial charge in [-0.05, 0) is 18.8 Å². The highest BCUT2D eigenvalue weighted by Gasteiger charge is 2.32. The minimum atomic E-state index is -0.815. The van der Waals surface area contributed by atoms with Crippen molar-refractivity contribution in [3.8, 4) is 0 Å². The van der Waals surface area contributed by atoms with Crippen LogP contribution in [0.25, 0.3) is 0 Å². The Kier molecular flexibility index (Phi) is 6.28. The Morgan fingerprint density at radius 3 is 2.53 bits per heavy atom. The summed E-state index contributed by atoms with van der Waals surface area (Å²) in [6, 6.07) is -0.828. The first-order valence-corrected chi connectivity index (χ1v) is 7.26. The molecule has 0 saturated heterocycles. The Bertz CT molecular complexity index is 320. The van der Waals surface area contributed by atoms with Crippen molar-refractivity contribution in [3.05, 3.63) is 0 Å². The number of carboxylic acids is 1. The van der Waals surface area contributed by atoms with Crippen molar-refractivity contribution in [2.24, 2.45) is 17.6 Å². The van der Waals surface area contributed by atoms with Crippen LogP contribution in [0.4, 0.5) is 0 Å². The van der Waals surface area contributed by atoms with E-state index in [1.807, 2.05) is 13.8 Å². The molecule has 19 heavy (non-hydrogen) atoms. The van der Waals surface area contributed by atoms with Crippen LogP contribution in [0.5, 0.6) is 0 Å². The first kappa shape index (κ1) is 16.0. The Morgan fingerprint density at radius 1 is 1.32 bits per heavy atom. The van der Waals surface area contributed by atoms with Gasteiger partial charge in [0.15, 0.2) is 0 Å². The molecule has 110 valence electrons. The van der Waals surface area contributed by atoms with E-state index in [9.17, 15) is 14.7 Å². The van der Waals surface area contributed by atoms with E-state index < -0.39 is 17.9 Å². The second-order valence-corrected chi connectivity index (χ2v) is 5.61. The maximum atomic E-state index is 12.1. The lowest BCUT2D eigenvalue weighted by atomic mass is 9.93. The van der Waals surface area contributed by atoms with Crippen LogP contribution in [-0.4, -0.2) is 29.1 Å². The Morgan fingerprint density at radius 2 is 1.95 bits per heavy atom. The molecule has 0 aromatic rings. The van der Waals surface area contributed by atoms with E-state index in [1.54, 1.807) is 0 Å². The third kappa shape index (κ3) is 4.49. The van der Waals surface area contributed by atoms with Gasteiger partial charge >= 0.3 is 5.97 Å². The Balaban J connectivity index is 2.65. The van der Waals surface area contributed by atoms with Crippen molar-refractivity contribution in [1.29, 1.82) is 0 Å². The van der Waals surface area contributed by atoms with Gasteiger partial charge in [-0.25, -0.2) is 0 Å². The summed E-state index contributed by atoms with van der Waals surface area (Å²) in [5.41, 5.74) is 5.89. The van der Waals surface area contributed by atoms with Crippen LogP contribution in [-0.2, 0) is 9.59 Å². The average molecular weight is 270 g/mol. The number of amides is 1. The van der Waals surface area contributed by atoms with Crippen molar-refractivity contribution in [2.45, 2.75) is 64.5 Å². The number of carbonyl (C=O) groups is 2. The number of carboxylic acid groups (broad SMARTS) is 1. The number of hydrogen-bond acceptors (Lipinski definition) is 3.